The van der Waals surface area contributed by atoms with E-state index in [1.807, 2.05) is 18.2 Å². The van der Waals surface area contributed by atoms with Gasteiger partial charge in [-0.2, -0.15) is 0 Å². The molecule has 1 amide bonds. The zero-order chi connectivity index (χ0) is 22.9. The second-order valence-corrected chi connectivity index (χ2v) is 9.17. The van der Waals surface area contributed by atoms with Gasteiger partial charge in [-0.05, 0) is 69.3 Å². The number of nitrogens with one attached hydrogen (secondary N) is 1. The van der Waals surface area contributed by atoms with Gasteiger partial charge < -0.3 is 34.3 Å². The molecule has 0 unspecified atom stereocenters. The summed E-state index contributed by atoms with van der Waals surface area (Å²) in [6, 6.07) is 5.14. The van der Waals surface area contributed by atoms with Crippen LogP contribution in [0.5, 0.6) is 11.5 Å². The summed E-state index contributed by atoms with van der Waals surface area (Å²) in [5.74, 6) is 1.32. The van der Waals surface area contributed by atoms with E-state index >= 15 is 0 Å². The quantitative estimate of drug-likeness (QED) is 0.488. The molecule has 0 radical (unpaired) electrons. The molecule has 1 aromatic rings. The first kappa shape index (κ1) is 24.3. The number of benzene rings is 1. The fraction of sp³-hybridized carbons (Fsp3) is 0.720. The maximum atomic E-state index is 12.7. The lowest BCUT2D eigenvalue weighted by atomic mass is 10.0. The van der Waals surface area contributed by atoms with E-state index < -0.39 is 6.10 Å². The lowest BCUT2D eigenvalue weighted by Crippen LogP contribution is -2.46. The second-order valence-electron chi connectivity index (χ2n) is 9.17. The first-order chi connectivity index (χ1) is 16.2. The normalized spacial score (nSPS) is 21.0. The van der Waals surface area contributed by atoms with Crippen LogP contribution in [-0.2, 0) is 14.3 Å². The summed E-state index contributed by atoms with van der Waals surface area (Å²) in [4.78, 5) is 15.0. The molecule has 2 atom stereocenters. The molecule has 0 saturated carbocycles. The minimum Gasteiger partial charge on any atom is -0.486 e. The van der Waals surface area contributed by atoms with Crippen LogP contribution in [0.1, 0.15) is 56.6 Å². The number of ether oxygens (including phenoxy) is 4. The van der Waals surface area contributed by atoms with Crippen LogP contribution < -0.4 is 14.8 Å². The Morgan fingerprint density at radius 3 is 2.64 bits per heavy atom. The third-order valence-electron chi connectivity index (χ3n) is 6.61. The Morgan fingerprint density at radius 1 is 1.09 bits per heavy atom. The van der Waals surface area contributed by atoms with Crippen LogP contribution in [-0.4, -0.2) is 80.7 Å². The standard InChI is InChI=1S/C25H38N2O6/c28-24(5-1-4-12-31-20-8-13-30-14-9-20)26-21(18-27-10-2-3-11-27)25(29)19-6-7-22-23(17-19)33-16-15-32-22/h6-7,17,20-21,25,29H,1-5,8-16,18H2,(H,26,28)/t21-,25-/m1/s1. The molecule has 1 aromatic carbocycles. The number of rotatable bonds is 11. The molecule has 3 aliphatic rings. The van der Waals surface area contributed by atoms with Gasteiger partial charge in [0.1, 0.15) is 19.3 Å². The van der Waals surface area contributed by atoms with Crippen LogP contribution in [0, 0.1) is 0 Å². The number of hydrogen-bond donors (Lipinski definition) is 2. The van der Waals surface area contributed by atoms with E-state index in [0.29, 0.717) is 50.4 Å². The van der Waals surface area contributed by atoms with E-state index in [1.165, 1.54) is 0 Å². The fourth-order valence-electron chi connectivity index (χ4n) is 4.70. The van der Waals surface area contributed by atoms with Crippen molar-refractivity contribution in [3.63, 3.8) is 0 Å². The number of carbonyl (C=O) groups excluding carboxylic acids is 1. The number of aliphatic hydroxyl groups is 1. The zero-order valence-corrected chi connectivity index (χ0v) is 19.5. The molecule has 33 heavy (non-hydrogen) atoms. The molecule has 3 aliphatic heterocycles. The first-order valence-electron chi connectivity index (χ1n) is 12.5. The molecule has 2 N–H and O–H groups in total. The Morgan fingerprint density at radius 2 is 1.85 bits per heavy atom. The maximum Gasteiger partial charge on any atom is 0.220 e. The molecule has 8 heteroatoms. The molecule has 2 saturated heterocycles. The van der Waals surface area contributed by atoms with E-state index in [-0.39, 0.29) is 11.9 Å². The number of hydrogen-bond acceptors (Lipinski definition) is 7. The average Bonchev–Trinajstić information content (AvgIpc) is 3.36. The number of likely N-dealkylation sites (tertiary alicyclic amines) is 1. The molecule has 184 valence electrons. The van der Waals surface area contributed by atoms with E-state index in [4.69, 9.17) is 18.9 Å². The Kier molecular flexibility index (Phi) is 9.23. The van der Waals surface area contributed by atoms with Gasteiger partial charge in [0.25, 0.3) is 0 Å². The molecule has 0 spiro atoms. The van der Waals surface area contributed by atoms with Gasteiger partial charge in [0.05, 0.1) is 12.1 Å². The van der Waals surface area contributed by atoms with Crippen molar-refractivity contribution in [1.29, 1.82) is 0 Å². The van der Waals surface area contributed by atoms with Crippen LogP contribution in [0.15, 0.2) is 18.2 Å². The monoisotopic (exact) mass is 462 g/mol. The Bertz CT molecular complexity index is 748. The summed E-state index contributed by atoms with van der Waals surface area (Å²) < 4.78 is 22.5. The Balaban J connectivity index is 1.27. The van der Waals surface area contributed by atoms with Crippen LogP contribution in [0.25, 0.3) is 0 Å². The van der Waals surface area contributed by atoms with Crippen LogP contribution in [0.4, 0.5) is 0 Å². The van der Waals surface area contributed by atoms with Crippen LogP contribution >= 0.6 is 0 Å². The van der Waals surface area contributed by atoms with Crippen molar-refractivity contribution >= 4 is 5.91 Å². The number of carbonyl (C=O) groups is 1. The molecule has 4 rings (SSSR count). The first-order valence-corrected chi connectivity index (χ1v) is 12.5. The van der Waals surface area contributed by atoms with Gasteiger partial charge in [-0.3, -0.25) is 4.79 Å². The van der Waals surface area contributed by atoms with Crippen molar-refractivity contribution in [3.05, 3.63) is 23.8 Å². The van der Waals surface area contributed by atoms with Gasteiger partial charge in [0, 0.05) is 32.8 Å². The van der Waals surface area contributed by atoms with Gasteiger partial charge in [-0.15, -0.1) is 0 Å². The van der Waals surface area contributed by atoms with E-state index in [9.17, 15) is 9.90 Å². The minimum atomic E-state index is -0.817. The van der Waals surface area contributed by atoms with Gasteiger partial charge in [0.2, 0.25) is 5.91 Å². The lowest BCUT2D eigenvalue weighted by Gasteiger charge is -2.29. The van der Waals surface area contributed by atoms with Gasteiger partial charge in [-0.1, -0.05) is 6.07 Å². The average molecular weight is 463 g/mol. The Hall–Kier alpha value is -1.87. The molecule has 3 heterocycles. The highest BCUT2D eigenvalue weighted by molar-refractivity contribution is 5.76. The summed E-state index contributed by atoms with van der Waals surface area (Å²) in [6.45, 7) is 5.90. The smallest absolute Gasteiger partial charge is 0.220 e. The van der Waals surface area contributed by atoms with Crippen LogP contribution in [0.3, 0.4) is 0 Å². The van der Waals surface area contributed by atoms with E-state index in [1.54, 1.807) is 0 Å². The number of amides is 1. The van der Waals surface area contributed by atoms with Gasteiger partial charge >= 0.3 is 0 Å². The van der Waals surface area contributed by atoms with Gasteiger partial charge in [0.15, 0.2) is 11.5 Å². The van der Waals surface area contributed by atoms with Crippen molar-refractivity contribution in [1.82, 2.24) is 10.2 Å². The van der Waals surface area contributed by atoms with Crippen molar-refractivity contribution in [3.8, 4) is 11.5 Å². The largest absolute Gasteiger partial charge is 0.486 e. The number of aliphatic hydroxyl groups excluding tert-OH is 1. The number of nitrogens with zero attached hydrogens (tertiary/aromatic N) is 1. The van der Waals surface area contributed by atoms with Crippen LogP contribution in [0.2, 0.25) is 0 Å². The van der Waals surface area contributed by atoms with Crippen molar-refractivity contribution in [2.75, 3.05) is 52.7 Å². The van der Waals surface area contributed by atoms with Gasteiger partial charge in [-0.25, -0.2) is 0 Å². The van der Waals surface area contributed by atoms with Crippen molar-refractivity contribution in [2.24, 2.45) is 0 Å². The summed E-state index contributed by atoms with van der Waals surface area (Å²) in [6.07, 6.45) is 5.76. The topological polar surface area (TPSA) is 89.5 Å². The highest BCUT2D eigenvalue weighted by Gasteiger charge is 2.27. The molecule has 0 aromatic heterocycles. The minimum absolute atomic E-state index is 0.0261. The van der Waals surface area contributed by atoms with Crippen molar-refractivity contribution in [2.45, 2.75) is 63.2 Å². The predicted molar refractivity (Wildman–Crippen MR) is 124 cm³/mol. The predicted octanol–water partition coefficient (Wildman–Crippen LogP) is 2.44. The Labute approximate surface area is 196 Å². The highest BCUT2D eigenvalue weighted by atomic mass is 16.6. The highest BCUT2D eigenvalue weighted by Crippen LogP contribution is 2.33. The van der Waals surface area contributed by atoms with E-state index in [0.717, 1.165) is 70.4 Å². The molecular weight excluding hydrogens is 424 g/mol. The summed E-state index contributed by atoms with van der Waals surface area (Å²) in [5, 5.41) is 14.3. The SMILES string of the molecule is O=C(CCCCOC1CCOCC1)N[C@H](CN1CCCC1)[C@H](O)c1ccc2c(c1)OCCO2. The molecule has 2 fully saturated rings. The summed E-state index contributed by atoms with van der Waals surface area (Å²) >= 11 is 0. The maximum absolute atomic E-state index is 12.7. The molecular formula is C25H38N2O6. The third-order valence-corrected chi connectivity index (χ3v) is 6.61. The summed E-state index contributed by atoms with van der Waals surface area (Å²) in [7, 11) is 0. The number of fused-ring (bicyclic) bond motifs is 1. The lowest BCUT2D eigenvalue weighted by molar-refractivity contribution is -0.123. The molecule has 0 aliphatic carbocycles. The van der Waals surface area contributed by atoms with Crippen molar-refractivity contribution < 1.29 is 28.8 Å². The zero-order valence-electron chi connectivity index (χ0n) is 19.5. The summed E-state index contributed by atoms with van der Waals surface area (Å²) in [5.41, 5.74) is 0.730. The molecule has 0 bridgehead atoms. The fourth-order valence-corrected chi connectivity index (χ4v) is 4.70. The number of unbranched alkanes of at least 4 members (excludes halogenated alkanes) is 1. The third kappa shape index (κ3) is 7.30. The second kappa shape index (κ2) is 12.6. The molecule has 8 nitrogen and oxygen atoms in total. The van der Waals surface area contributed by atoms with E-state index in [2.05, 4.69) is 10.2 Å².